The lowest BCUT2D eigenvalue weighted by atomic mass is 9.91. The van der Waals surface area contributed by atoms with Gasteiger partial charge in [-0.2, -0.15) is 0 Å². The monoisotopic (exact) mass is 350 g/mol. The highest BCUT2D eigenvalue weighted by atomic mass is 16.2. The number of carbonyl (C=O) groups excluding carboxylic acids is 1. The SMILES string of the molecule is CN(C)Cc1nccnc1C1CCN(C(=O)/C=C/c2ccccc2)CC1. The Balaban J connectivity index is 1.59. The number of nitrogens with zero attached hydrogens (tertiary/aromatic N) is 4. The fraction of sp³-hybridized carbons (Fsp3) is 0.381. The van der Waals surface area contributed by atoms with Crippen molar-refractivity contribution in [1.29, 1.82) is 0 Å². The first-order chi connectivity index (χ1) is 12.6. The molecule has 1 aromatic carbocycles. The van der Waals surface area contributed by atoms with Crippen molar-refractivity contribution in [3.63, 3.8) is 0 Å². The molecule has 26 heavy (non-hydrogen) atoms. The van der Waals surface area contributed by atoms with Gasteiger partial charge in [-0.25, -0.2) is 0 Å². The van der Waals surface area contributed by atoms with E-state index in [9.17, 15) is 4.79 Å². The smallest absolute Gasteiger partial charge is 0.246 e. The average molecular weight is 350 g/mol. The van der Waals surface area contributed by atoms with E-state index in [0.29, 0.717) is 5.92 Å². The highest BCUT2D eigenvalue weighted by Crippen LogP contribution is 2.28. The molecule has 2 aromatic rings. The minimum Gasteiger partial charge on any atom is -0.339 e. The third-order valence-corrected chi connectivity index (χ3v) is 4.68. The van der Waals surface area contributed by atoms with Gasteiger partial charge in [-0.05, 0) is 38.6 Å². The van der Waals surface area contributed by atoms with Crippen LogP contribution in [0, 0.1) is 0 Å². The summed E-state index contributed by atoms with van der Waals surface area (Å²) in [5.74, 6) is 0.459. The lowest BCUT2D eigenvalue weighted by molar-refractivity contribution is -0.126. The van der Waals surface area contributed by atoms with Crippen LogP contribution in [-0.4, -0.2) is 52.9 Å². The van der Waals surface area contributed by atoms with Gasteiger partial charge in [-0.15, -0.1) is 0 Å². The molecule has 2 heterocycles. The van der Waals surface area contributed by atoms with Crippen LogP contribution >= 0.6 is 0 Å². The van der Waals surface area contributed by atoms with Crippen molar-refractivity contribution < 1.29 is 4.79 Å². The van der Waals surface area contributed by atoms with Gasteiger partial charge in [0.05, 0.1) is 11.4 Å². The van der Waals surface area contributed by atoms with E-state index in [4.69, 9.17) is 0 Å². The highest BCUT2D eigenvalue weighted by molar-refractivity contribution is 5.91. The number of hydrogen-bond donors (Lipinski definition) is 0. The summed E-state index contributed by atoms with van der Waals surface area (Å²) in [6, 6.07) is 9.91. The molecule has 136 valence electrons. The number of aromatic nitrogens is 2. The first-order valence-corrected chi connectivity index (χ1v) is 9.10. The van der Waals surface area contributed by atoms with Gasteiger partial charge in [0.15, 0.2) is 0 Å². The first-order valence-electron chi connectivity index (χ1n) is 9.10. The van der Waals surface area contributed by atoms with Crippen LogP contribution in [0.2, 0.25) is 0 Å². The van der Waals surface area contributed by atoms with Crippen LogP contribution in [0.1, 0.15) is 35.7 Å². The third kappa shape index (κ3) is 4.76. The lowest BCUT2D eigenvalue weighted by Gasteiger charge is -2.31. The molecule has 1 aliphatic rings. The average Bonchev–Trinajstić information content (AvgIpc) is 2.67. The molecule has 3 rings (SSSR count). The molecule has 0 atom stereocenters. The number of benzene rings is 1. The summed E-state index contributed by atoms with van der Waals surface area (Å²) < 4.78 is 0. The zero-order valence-electron chi connectivity index (χ0n) is 15.5. The second kappa shape index (κ2) is 8.72. The maximum Gasteiger partial charge on any atom is 0.246 e. The van der Waals surface area contributed by atoms with Crippen molar-refractivity contribution in [2.75, 3.05) is 27.2 Å². The third-order valence-electron chi connectivity index (χ3n) is 4.68. The molecule has 1 saturated heterocycles. The Bertz CT molecular complexity index is 750. The van der Waals surface area contributed by atoms with E-state index in [2.05, 4.69) is 14.9 Å². The molecule has 0 N–H and O–H groups in total. The molecule has 0 bridgehead atoms. The Hall–Kier alpha value is -2.53. The maximum atomic E-state index is 12.4. The molecule has 5 nitrogen and oxygen atoms in total. The van der Waals surface area contributed by atoms with E-state index in [-0.39, 0.29) is 5.91 Å². The quantitative estimate of drug-likeness (QED) is 0.778. The van der Waals surface area contributed by atoms with Gasteiger partial charge in [0.25, 0.3) is 0 Å². The Morgan fingerprint density at radius 1 is 1.15 bits per heavy atom. The van der Waals surface area contributed by atoms with Crippen molar-refractivity contribution in [3.05, 3.63) is 65.8 Å². The van der Waals surface area contributed by atoms with Crippen LogP contribution in [-0.2, 0) is 11.3 Å². The maximum absolute atomic E-state index is 12.4. The van der Waals surface area contributed by atoms with Crippen LogP contribution in [0.3, 0.4) is 0 Å². The molecule has 0 spiro atoms. The largest absolute Gasteiger partial charge is 0.339 e. The number of piperidine rings is 1. The van der Waals surface area contributed by atoms with E-state index in [1.54, 1.807) is 18.5 Å². The van der Waals surface area contributed by atoms with E-state index in [1.165, 1.54) is 0 Å². The Labute approximate surface area is 155 Å². The molecular weight excluding hydrogens is 324 g/mol. The summed E-state index contributed by atoms with van der Waals surface area (Å²) in [4.78, 5) is 25.6. The Morgan fingerprint density at radius 2 is 1.85 bits per heavy atom. The Kier molecular flexibility index (Phi) is 6.12. The minimum atomic E-state index is 0.0833. The number of rotatable bonds is 5. The summed E-state index contributed by atoms with van der Waals surface area (Å²) in [6.07, 6.45) is 8.96. The van der Waals surface area contributed by atoms with Crippen molar-refractivity contribution in [2.24, 2.45) is 0 Å². The van der Waals surface area contributed by atoms with Crippen LogP contribution in [0.25, 0.3) is 6.08 Å². The fourth-order valence-electron chi connectivity index (χ4n) is 3.35. The molecule has 0 aliphatic carbocycles. The van der Waals surface area contributed by atoms with Gasteiger partial charge in [-0.3, -0.25) is 14.8 Å². The lowest BCUT2D eigenvalue weighted by Crippen LogP contribution is -2.37. The molecule has 1 aromatic heterocycles. The predicted octanol–water partition coefficient (Wildman–Crippen LogP) is 2.96. The number of carbonyl (C=O) groups is 1. The summed E-state index contributed by atoms with van der Waals surface area (Å²) in [5.41, 5.74) is 3.18. The molecular formula is C21H26N4O. The summed E-state index contributed by atoms with van der Waals surface area (Å²) in [6.45, 7) is 2.32. The van der Waals surface area contributed by atoms with Crippen molar-refractivity contribution >= 4 is 12.0 Å². The Morgan fingerprint density at radius 3 is 2.54 bits per heavy atom. The zero-order chi connectivity index (χ0) is 18.4. The van der Waals surface area contributed by atoms with E-state index >= 15 is 0 Å². The summed E-state index contributed by atoms with van der Waals surface area (Å²) in [7, 11) is 4.08. The van der Waals surface area contributed by atoms with E-state index in [1.807, 2.05) is 55.4 Å². The molecule has 1 fully saturated rings. The van der Waals surface area contributed by atoms with Crippen LogP contribution in [0.5, 0.6) is 0 Å². The predicted molar refractivity (Wildman–Crippen MR) is 103 cm³/mol. The number of likely N-dealkylation sites (tertiary alicyclic amines) is 1. The second-order valence-electron chi connectivity index (χ2n) is 6.97. The fourth-order valence-corrected chi connectivity index (χ4v) is 3.35. The summed E-state index contributed by atoms with van der Waals surface area (Å²) >= 11 is 0. The van der Waals surface area contributed by atoms with Crippen LogP contribution in [0.4, 0.5) is 0 Å². The van der Waals surface area contributed by atoms with Crippen LogP contribution < -0.4 is 0 Å². The van der Waals surface area contributed by atoms with Crippen molar-refractivity contribution in [3.8, 4) is 0 Å². The number of hydrogen-bond acceptors (Lipinski definition) is 4. The molecule has 0 unspecified atom stereocenters. The van der Waals surface area contributed by atoms with Gasteiger partial charge in [-0.1, -0.05) is 30.3 Å². The van der Waals surface area contributed by atoms with Crippen molar-refractivity contribution in [1.82, 2.24) is 19.8 Å². The molecule has 5 heteroatoms. The van der Waals surface area contributed by atoms with Gasteiger partial charge >= 0.3 is 0 Å². The van der Waals surface area contributed by atoms with Gasteiger partial charge < -0.3 is 9.80 Å². The standard InChI is InChI=1S/C21H26N4O/c1-24(2)16-19-21(23-13-12-22-19)18-10-14-25(15-11-18)20(26)9-8-17-6-4-3-5-7-17/h3-9,12-13,18H,10-11,14-16H2,1-2H3/b9-8+. The second-order valence-corrected chi connectivity index (χ2v) is 6.97. The molecule has 1 aliphatic heterocycles. The molecule has 0 radical (unpaired) electrons. The zero-order valence-corrected chi connectivity index (χ0v) is 15.5. The van der Waals surface area contributed by atoms with Gasteiger partial charge in [0.2, 0.25) is 5.91 Å². The van der Waals surface area contributed by atoms with Crippen molar-refractivity contribution in [2.45, 2.75) is 25.3 Å². The van der Waals surface area contributed by atoms with Crippen LogP contribution in [0.15, 0.2) is 48.8 Å². The minimum absolute atomic E-state index is 0.0833. The van der Waals surface area contributed by atoms with Gasteiger partial charge in [0, 0.05) is 44.0 Å². The normalized spacial score (nSPS) is 15.7. The van der Waals surface area contributed by atoms with Gasteiger partial charge in [0.1, 0.15) is 0 Å². The van der Waals surface area contributed by atoms with E-state index < -0.39 is 0 Å². The molecule has 1 amide bonds. The highest BCUT2D eigenvalue weighted by Gasteiger charge is 2.25. The first kappa shape index (κ1) is 18.3. The molecule has 0 saturated carbocycles. The number of amides is 1. The van der Waals surface area contributed by atoms with E-state index in [0.717, 1.165) is 49.4 Å². The summed E-state index contributed by atoms with van der Waals surface area (Å²) in [5, 5.41) is 0. The topological polar surface area (TPSA) is 49.3 Å².